The van der Waals surface area contributed by atoms with E-state index < -0.39 is 0 Å². The van der Waals surface area contributed by atoms with Crippen molar-refractivity contribution < 1.29 is 14.7 Å². The highest BCUT2D eigenvalue weighted by molar-refractivity contribution is 5.76. The third-order valence-electron chi connectivity index (χ3n) is 4.42. The van der Waals surface area contributed by atoms with Crippen molar-refractivity contribution in [3.05, 3.63) is 36.5 Å². The van der Waals surface area contributed by atoms with E-state index in [2.05, 4.69) is 6.92 Å². The molecule has 20 heavy (non-hydrogen) atoms. The second kappa shape index (κ2) is 5.70. The Morgan fingerprint density at radius 2 is 2.00 bits per heavy atom. The molecular weight excluding hydrogens is 250 g/mol. The molecule has 1 fully saturated rings. The molecular formula is C17H22NO2+. The molecule has 1 heterocycles. The van der Waals surface area contributed by atoms with Crippen molar-refractivity contribution in [2.24, 2.45) is 5.92 Å². The van der Waals surface area contributed by atoms with Crippen molar-refractivity contribution in [1.29, 1.82) is 0 Å². The summed E-state index contributed by atoms with van der Waals surface area (Å²) < 4.78 is 7.25. The molecule has 0 atom stereocenters. The van der Waals surface area contributed by atoms with Gasteiger partial charge in [0, 0.05) is 16.9 Å². The molecule has 0 radical (unpaired) electrons. The molecule has 0 bridgehead atoms. The minimum absolute atomic E-state index is 0.347. The lowest BCUT2D eigenvalue weighted by atomic mass is 9.86. The lowest BCUT2D eigenvalue weighted by Gasteiger charge is -2.28. The molecule has 0 unspecified atom stereocenters. The molecule has 1 aromatic heterocycles. The first-order valence-corrected chi connectivity index (χ1v) is 7.56. The first-order valence-electron chi connectivity index (χ1n) is 7.56. The number of fused-ring (bicyclic) bond motifs is 1. The maximum atomic E-state index is 9.72. The third kappa shape index (κ3) is 2.72. The fourth-order valence-corrected chi connectivity index (χ4v) is 3.11. The molecule has 1 saturated carbocycles. The number of benzene rings is 1. The predicted octanol–water partition coefficient (Wildman–Crippen LogP) is 3.71. The Labute approximate surface area is 119 Å². The monoisotopic (exact) mass is 272 g/mol. The Hall–Kier alpha value is -1.77. The highest BCUT2D eigenvalue weighted by atomic mass is 16.5. The number of pyridine rings is 1. The van der Waals surface area contributed by atoms with Gasteiger partial charge in [-0.1, -0.05) is 13.3 Å². The van der Waals surface area contributed by atoms with Gasteiger partial charge in [0.2, 0.25) is 6.20 Å². The molecule has 0 aliphatic heterocycles. The van der Waals surface area contributed by atoms with Crippen LogP contribution in [0.2, 0.25) is 0 Å². The zero-order valence-electron chi connectivity index (χ0n) is 12.0. The zero-order chi connectivity index (χ0) is 13.9. The van der Waals surface area contributed by atoms with Crippen LogP contribution in [0.5, 0.6) is 5.75 Å². The highest BCUT2D eigenvalue weighted by Crippen LogP contribution is 2.30. The third-order valence-corrected chi connectivity index (χ3v) is 4.42. The van der Waals surface area contributed by atoms with Gasteiger partial charge >= 0.3 is 0 Å². The standard InChI is InChI=1S/C17H22NO2/c1-2-13-5-7-15(8-6-13)20-16-9-10-17-14(12-16)4-3-11-18(17)19/h3-4,9-13,15,19H,2,5-8H2,1H3/q+1. The molecule has 3 rings (SSSR count). The first kappa shape index (κ1) is 13.2. The van der Waals surface area contributed by atoms with E-state index in [9.17, 15) is 5.21 Å². The summed E-state index contributed by atoms with van der Waals surface area (Å²) in [6, 6.07) is 9.68. The molecule has 1 N–H and O–H groups in total. The van der Waals surface area contributed by atoms with Crippen LogP contribution in [0.4, 0.5) is 0 Å². The van der Waals surface area contributed by atoms with Gasteiger partial charge in [-0.25, -0.2) is 0 Å². The smallest absolute Gasteiger partial charge is 0.264 e. The second-order valence-electron chi connectivity index (χ2n) is 5.74. The van der Waals surface area contributed by atoms with Crippen molar-refractivity contribution in [2.75, 3.05) is 0 Å². The van der Waals surface area contributed by atoms with E-state index in [0.717, 1.165) is 40.1 Å². The summed E-state index contributed by atoms with van der Waals surface area (Å²) in [5.41, 5.74) is 0.801. The van der Waals surface area contributed by atoms with Gasteiger partial charge in [-0.15, -0.1) is 0 Å². The van der Waals surface area contributed by atoms with E-state index in [1.54, 1.807) is 6.20 Å². The summed E-state index contributed by atoms with van der Waals surface area (Å²) in [5, 5.41) is 10.7. The quantitative estimate of drug-likeness (QED) is 0.682. The summed E-state index contributed by atoms with van der Waals surface area (Å²) in [4.78, 5) is 0. The fourth-order valence-electron chi connectivity index (χ4n) is 3.11. The van der Waals surface area contributed by atoms with Crippen molar-refractivity contribution >= 4 is 10.9 Å². The molecule has 1 aliphatic rings. The first-order chi connectivity index (χ1) is 9.76. The summed E-state index contributed by atoms with van der Waals surface area (Å²) in [7, 11) is 0. The normalized spacial score (nSPS) is 22.9. The second-order valence-corrected chi connectivity index (χ2v) is 5.74. The zero-order valence-corrected chi connectivity index (χ0v) is 12.0. The van der Waals surface area contributed by atoms with Gasteiger partial charge in [-0.3, -0.25) is 5.21 Å². The summed E-state index contributed by atoms with van der Waals surface area (Å²) in [6.45, 7) is 2.28. The van der Waals surface area contributed by atoms with E-state index >= 15 is 0 Å². The van der Waals surface area contributed by atoms with Crippen LogP contribution in [0.15, 0.2) is 36.5 Å². The largest absolute Gasteiger partial charge is 0.490 e. The maximum Gasteiger partial charge on any atom is 0.264 e. The lowest BCUT2D eigenvalue weighted by Crippen LogP contribution is -2.29. The van der Waals surface area contributed by atoms with E-state index in [4.69, 9.17) is 4.74 Å². The Balaban J connectivity index is 1.72. The van der Waals surface area contributed by atoms with Gasteiger partial charge < -0.3 is 4.74 Å². The molecule has 2 aromatic rings. The molecule has 1 aliphatic carbocycles. The molecule has 1 aromatic carbocycles. The lowest BCUT2D eigenvalue weighted by molar-refractivity contribution is -0.884. The molecule has 0 spiro atoms. The molecule has 3 nitrogen and oxygen atoms in total. The van der Waals surface area contributed by atoms with Crippen molar-refractivity contribution in [2.45, 2.75) is 45.1 Å². The number of aromatic nitrogens is 1. The number of nitrogens with zero attached hydrogens (tertiary/aromatic N) is 1. The molecule has 106 valence electrons. The van der Waals surface area contributed by atoms with Gasteiger partial charge in [0.25, 0.3) is 5.52 Å². The number of hydrogen-bond donors (Lipinski definition) is 1. The van der Waals surface area contributed by atoms with Crippen LogP contribution in [0.1, 0.15) is 39.0 Å². The van der Waals surface area contributed by atoms with Crippen LogP contribution in [0.25, 0.3) is 10.9 Å². The SMILES string of the molecule is CCC1CCC(Oc2ccc3c(ccc[n+]3O)c2)CC1. The van der Waals surface area contributed by atoms with Gasteiger partial charge in [0.05, 0.1) is 11.5 Å². The van der Waals surface area contributed by atoms with E-state index in [0.29, 0.717) is 6.10 Å². The maximum absolute atomic E-state index is 9.72. The van der Waals surface area contributed by atoms with E-state index in [-0.39, 0.29) is 0 Å². The van der Waals surface area contributed by atoms with Crippen LogP contribution in [-0.4, -0.2) is 11.3 Å². The Morgan fingerprint density at radius 1 is 1.20 bits per heavy atom. The van der Waals surface area contributed by atoms with Crippen LogP contribution in [-0.2, 0) is 0 Å². The van der Waals surface area contributed by atoms with Gasteiger partial charge in [0.1, 0.15) is 5.75 Å². The number of hydrogen-bond acceptors (Lipinski definition) is 2. The van der Waals surface area contributed by atoms with Gasteiger partial charge in [-0.05, 0) is 49.8 Å². The summed E-state index contributed by atoms with van der Waals surface area (Å²) >= 11 is 0. The summed E-state index contributed by atoms with van der Waals surface area (Å²) in [5.74, 6) is 1.79. The fraction of sp³-hybridized carbons (Fsp3) is 0.471. The Bertz CT molecular complexity index is 589. The van der Waals surface area contributed by atoms with Crippen LogP contribution < -0.4 is 9.47 Å². The molecule has 3 heteroatoms. The van der Waals surface area contributed by atoms with Crippen LogP contribution >= 0.6 is 0 Å². The molecule has 0 saturated heterocycles. The summed E-state index contributed by atoms with van der Waals surface area (Å²) in [6.07, 6.45) is 8.15. The topological polar surface area (TPSA) is 33.3 Å². The predicted molar refractivity (Wildman–Crippen MR) is 78.0 cm³/mol. The van der Waals surface area contributed by atoms with Crippen molar-refractivity contribution in [1.82, 2.24) is 0 Å². The Kier molecular flexibility index (Phi) is 3.77. The van der Waals surface area contributed by atoms with Crippen LogP contribution in [0, 0.1) is 5.92 Å². The Morgan fingerprint density at radius 3 is 2.75 bits per heavy atom. The number of rotatable bonds is 3. The average molecular weight is 272 g/mol. The minimum Gasteiger partial charge on any atom is -0.490 e. The minimum atomic E-state index is 0.347. The molecule has 0 amide bonds. The number of ether oxygens (including phenoxy) is 1. The average Bonchev–Trinajstić information content (AvgIpc) is 2.48. The van der Waals surface area contributed by atoms with E-state index in [1.165, 1.54) is 19.3 Å². The van der Waals surface area contributed by atoms with Gasteiger partial charge in [0.15, 0.2) is 0 Å². The van der Waals surface area contributed by atoms with Crippen LogP contribution in [0.3, 0.4) is 0 Å². The van der Waals surface area contributed by atoms with Crippen molar-refractivity contribution in [3.63, 3.8) is 0 Å². The van der Waals surface area contributed by atoms with Crippen molar-refractivity contribution in [3.8, 4) is 5.75 Å². The van der Waals surface area contributed by atoms with Gasteiger partial charge in [-0.2, -0.15) is 0 Å². The van der Waals surface area contributed by atoms with E-state index in [1.807, 2.05) is 30.3 Å². The highest BCUT2D eigenvalue weighted by Gasteiger charge is 2.21.